The first-order valence-electron chi connectivity index (χ1n) is 15.4. The van der Waals surface area contributed by atoms with Crippen LogP contribution in [-0.4, -0.2) is 30.3 Å². The molecular formula is C37H41FN2O2. The monoisotopic (exact) mass is 564 g/mol. The third-order valence-electron chi connectivity index (χ3n) is 9.10. The lowest BCUT2D eigenvalue weighted by Gasteiger charge is -2.46. The fourth-order valence-electron chi connectivity index (χ4n) is 7.00. The number of piperidine rings is 1. The standard InChI is InChI=1S/C37H41FN2O2/c1-27(35-13-6-7-23-39-35)42-32-21-17-29(18-22-32)26-37(25-28-15-19-31(41)20-16-28)33-11-3-2-9-30(33)10-8-24-40(37)36-14-5-4-12-34(36)38/h2-5,9,11-12,14-22,27,35,39,41H,6-8,10,13,23-26H2,1H3. The van der Waals surface area contributed by atoms with Crippen LogP contribution in [-0.2, 0) is 24.8 Å². The van der Waals surface area contributed by atoms with Gasteiger partial charge in [-0.25, -0.2) is 4.39 Å². The molecule has 42 heavy (non-hydrogen) atoms. The summed E-state index contributed by atoms with van der Waals surface area (Å²) in [6.07, 6.45) is 6.96. The van der Waals surface area contributed by atoms with E-state index in [1.165, 1.54) is 29.5 Å². The normalized spacial score (nSPS) is 21.3. The Hall–Kier alpha value is -3.83. The van der Waals surface area contributed by atoms with Gasteiger partial charge < -0.3 is 20.1 Å². The van der Waals surface area contributed by atoms with E-state index in [0.29, 0.717) is 24.6 Å². The molecule has 5 heteroatoms. The SMILES string of the molecule is CC(Oc1ccc(CC2(Cc3ccc(O)cc3)c3ccccc3CCCN2c2ccccc2F)cc1)C1CCCCN1. The minimum Gasteiger partial charge on any atom is -0.508 e. The van der Waals surface area contributed by atoms with Crippen molar-refractivity contribution in [2.75, 3.05) is 18.0 Å². The Kier molecular flexibility index (Phi) is 8.48. The molecule has 0 aromatic heterocycles. The third kappa shape index (κ3) is 6.03. The number of phenolic OH excluding ortho intramolecular Hbond substituents is 1. The van der Waals surface area contributed by atoms with E-state index in [-0.39, 0.29) is 17.7 Å². The first-order chi connectivity index (χ1) is 20.5. The zero-order valence-electron chi connectivity index (χ0n) is 24.4. The summed E-state index contributed by atoms with van der Waals surface area (Å²) in [4.78, 5) is 2.31. The molecule has 3 atom stereocenters. The van der Waals surface area contributed by atoms with E-state index in [0.717, 1.165) is 43.7 Å². The molecule has 218 valence electrons. The Morgan fingerprint density at radius 2 is 1.57 bits per heavy atom. The molecule has 0 aliphatic carbocycles. The van der Waals surface area contributed by atoms with Crippen molar-refractivity contribution in [2.45, 2.75) is 69.6 Å². The van der Waals surface area contributed by atoms with Crippen molar-refractivity contribution in [1.29, 1.82) is 0 Å². The maximum Gasteiger partial charge on any atom is 0.146 e. The van der Waals surface area contributed by atoms with Crippen molar-refractivity contribution in [3.8, 4) is 11.5 Å². The Morgan fingerprint density at radius 1 is 0.881 bits per heavy atom. The lowest BCUT2D eigenvalue weighted by Crippen LogP contribution is -2.50. The Bertz CT molecular complexity index is 1470. The van der Waals surface area contributed by atoms with Crippen molar-refractivity contribution in [1.82, 2.24) is 5.32 Å². The van der Waals surface area contributed by atoms with Crippen LogP contribution >= 0.6 is 0 Å². The van der Waals surface area contributed by atoms with E-state index in [1.807, 2.05) is 24.3 Å². The number of anilines is 1. The molecule has 4 aromatic rings. The molecule has 2 aliphatic heterocycles. The number of phenols is 1. The summed E-state index contributed by atoms with van der Waals surface area (Å²) < 4.78 is 22.0. The Morgan fingerprint density at radius 3 is 2.29 bits per heavy atom. The second kappa shape index (κ2) is 12.6. The zero-order chi connectivity index (χ0) is 28.9. The van der Waals surface area contributed by atoms with Gasteiger partial charge in [-0.05, 0) is 97.8 Å². The quantitative estimate of drug-likeness (QED) is 0.232. The Labute approximate surface area is 249 Å². The highest BCUT2D eigenvalue weighted by Crippen LogP contribution is 2.44. The smallest absolute Gasteiger partial charge is 0.146 e. The number of para-hydroxylation sites is 1. The van der Waals surface area contributed by atoms with Gasteiger partial charge in [0, 0.05) is 25.4 Å². The minimum atomic E-state index is -0.548. The van der Waals surface area contributed by atoms with E-state index in [9.17, 15) is 5.11 Å². The molecule has 0 bridgehead atoms. The number of fused-ring (bicyclic) bond motifs is 1. The molecule has 1 fully saturated rings. The fraction of sp³-hybridized carbons (Fsp3) is 0.351. The molecule has 6 rings (SSSR count). The summed E-state index contributed by atoms with van der Waals surface area (Å²) in [6, 6.07) is 32.2. The lowest BCUT2D eigenvalue weighted by atomic mass is 9.75. The first kappa shape index (κ1) is 28.3. The highest BCUT2D eigenvalue weighted by molar-refractivity contribution is 5.56. The van der Waals surface area contributed by atoms with Gasteiger partial charge in [-0.15, -0.1) is 0 Å². The van der Waals surface area contributed by atoms with Crippen LogP contribution in [0.5, 0.6) is 11.5 Å². The number of aromatic hydroxyl groups is 1. The molecule has 2 N–H and O–H groups in total. The van der Waals surface area contributed by atoms with Crippen LogP contribution < -0.4 is 15.0 Å². The third-order valence-corrected chi connectivity index (χ3v) is 9.10. The van der Waals surface area contributed by atoms with E-state index < -0.39 is 5.54 Å². The second-order valence-electron chi connectivity index (χ2n) is 11.9. The molecule has 3 unspecified atom stereocenters. The number of aryl methyl sites for hydroxylation is 1. The molecule has 2 heterocycles. The minimum absolute atomic E-state index is 0.0993. The van der Waals surface area contributed by atoms with Crippen molar-refractivity contribution in [3.63, 3.8) is 0 Å². The highest BCUT2D eigenvalue weighted by atomic mass is 19.1. The number of nitrogens with one attached hydrogen (secondary N) is 1. The number of hydrogen-bond donors (Lipinski definition) is 2. The molecule has 0 radical (unpaired) electrons. The number of hydrogen-bond acceptors (Lipinski definition) is 4. The van der Waals surface area contributed by atoms with Crippen molar-refractivity contribution in [3.05, 3.63) is 125 Å². The number of ether oxygens (including phenoxy) is 1. The van der Waals surface area contributed by atoms with Gasteiger partial charge in [0.15, 0.2) is 0 Å². The average Bonchev–Trinajstić information content (AvgIpc) is 3.17. The maximum atomic E-state index is 15.6. The van der Waals surface area contributed by atoms with E-state index in [1.54, 1.807) is 24.3 Å². The largest absolute Gasteiger partial charge is 0.508 e. The summed E-state index contributed by atoms with van der Waals surface area (Å²) in [5, 5.41) is 13.6. The summed E-state index contributed by atoms with van der Waals surface area (Å²) >= 11 is 0. The van der Waals surface area contributed by atoms with Gasteiger partial charge in [-0.2, -0.15) is 0 Å². The van der Waals surface area contributed by atoms with Crippen LogP contribution in [0.25, 0.3) is 0 Å². The van der Waals surface area contributed by atoms with Crippen molar-refractivity contribution in [2.24, 2.45) is 0 Å². The average molecular weight is 565 g/mol. The van der Waals surface area contributed by atoms with Crippen LogP contribution in [0.1, 0.15) is 54.9 Å². The molecule has 1 saturated heterocycles. The van der Waals surface area contributed by atoms with Gasteiger partial charge in [-0.3, -0.25) is 0 Å². The summed E-state index contributed by atoms with van der Waals surface area (Å²) in [6.45, 7) is 3.94. The number of benzene rings is 4. The van der Waals surface area contributed by atoms with Crippen LogP contribution in [0.2, 0.25) is 0 Å². The zero-order valence-corrected chi connectivity index (χ0v) is 24.4. The summed E-state index contributed by atoms with van der Waals surface area (Å²) in [5.74, 6) is 0.910. The fourth-order valence-corrected chi connectivity index (χ4v) is 7.00. The van der Waals surface area contributed by atoms with Crippen molar-refractivity contribution < 1.29 is 14.2 Å². The van der Waals surface area contributed by atoms with Crippen LogP contribution in [0.15, 0.2) is 97.1 Å². The molecule has 4 aromatic carbocycles. The molecular weight excluding hydrogens is 523 g/mol. The molecule has 2 aliphatic rings. The van der Waals surface area contributed by atoms with Crippen LogP contribution in [0.4, 0.5) is 10.1 Å². The summed E-state index contributed by atoms with van der Waals surface area (Å²) in [7, 11) is 0. The predicted octanol–water partition coefficient (Wildman–Crippen LogP) is 7.57. The topological polar surface area (TPSA) is 44.7 Å². The van der Waals surface area contributed by atoms with E-state index in [4.69, 9.17) is 4.74 Å². The number of halogens is 1. The maximum absolute atomic E-state index is 15.6. The molecule has 0 spiro atoms. The summed E-state index contributed by atoms with van der Waals surface area (Å²) in [5.41, 5.74) is 4.89. The van der Waals surface area contributed by atoms with Crippen LogP contribution in [0.3, 0.4) is 0 Å². The van der Waals surface area contributed by atoms with Crippen LogP contribution in [0, 0.1) is 5.82 Å². The van der Waals surface area contributed by atoms with Gasteiger partial charge in [0.1, 0.15) is 23.4 Å². The number of nitrogens with zero attached hydrogens (tertiary/aromatic N) is 1. The number of rotatable bonds is 8. The van der Waals surface area contributed by atoms with Gasteiger partial charge >= 0.3 is 0 Å². The second-order valence-corrected chi connectivity index (χ2v) is 11.9. The van der Waals surface area contributed by atoms with E-state index >= 15 is 4.39 Å². The molecule has 4 nitrogen and oxygen atoms in total. The van der Waals surface area contributed by atoms with Gasteiger partial charge in [0.25, 0.3) is 0 Å². The van der Waals surface area contributed by atoms with Gasteiger partial charge in [0.2, 0.25) is 0 Å². The Balaban J connectivity index is 1.40. The predicted molar refractivity (Wildman–Crippen MR) is 168 cm³/mol. The van der Waals surface area contributed by atoms with Gasteiger partial charge in [-0.1, -0.05) is 67.1 Å². The van der Waals surface area contributed by atoms with Gasteiger partial charge in [0.05, 0.1) is 11.2 Å². The van der Waals surface area contributed by atoms with Crippen molar-refractivity contribution >= 4 is 5.69 Å². The highest BCUT2D eigenvalue weighted by Gasteiger charge is 2.42. The first-order valence-corrected chi connectivity index (χ1v) is 15.4. The van der Waals surface area contributed by atoms with E-state index in [2.05, 4.69) is 65.7 Å². The molecule has 0 amide bonds. The lowest BCUT2D eigenvalue weighted by molar-refractivity contribution is 0.152. The molecule has 0 saturated carbocycles.